The molecule has 0 heterocycles. The molecule has 0 saturated carbocycles. The predicted molar refractivity (Wildman–Crippen MR) is 224 cm³/mol. The fraction of sp³-hybridized carbons (Fsp3) is 0.745. The Morgan fingerprint density at radius 2 is 0.846 bits per heavy atom. The minimum Gasteiger partial charge on any atom is -0.461 e. The number of ether oxygens (including phenoxy) is 3. The third-order valence-electron chi connectivity index (χ3n) is 9.10. The summed E-state index contributed by atoms with van der Waals surface area (Å²) in [6, 6.07) is 0. The van der Waals surface area contributed by atoms with Crippen molar-refractivity contribution in [2.24, 2.45) is 0 Å². The number of hydrogen-bond donors (Lipinski definition) is 0. The normalized spacial score (nSPS) is 12.8. The molecular weight excluding hydrogens is 645 g/mol. The Bertz CT molecular complexity index is 915. The van der Waals surface area contributed by atoms with E-state index in [0.717, 1.165) is 64.2 Å². The van der Waals surface area contributed by atoms with E-state index in [0.29, 0.717) is 13.0 Å². The van der Waals surface area contributed by atoms with Crippen molar-refractivity contribution in [1.29, 1.82) is 0 Å². The number of rotatable bonds is 39. The molecule has 0 aromatic carbocycles. The molecule has 1 unspecified atom stereocenters. The number of carbonyl (C=O) groups is 2. The second-order valence-electron chi connectivity index (χ2n) is 14.2. The van der Waals surface area contributed by atoms with Gasteiger partial charge in [-0.1, -0.05) is 204 Å². The second kappa shape index (κ2) is 43.0. The van der Waals surface area contributed by atoms with Crippen LogP contribution in [0.3, 0.4) is 0 Å². The fourth-order valence-electron chi connectivity index (χ4n) is 5.88. The summed E-state index contributed by atoms with van der Waals surface area (Å²) in [6.45, 7) is 7.57. The summed E-state index contributed by atoms with van der Waals surface area (Å²) < 4.78 is 17.1. The van der Waals surface area contributed by atoms with Gasteiger partial charge in [0.15, 0.2) is 6.10 Å². The van der Waals surface area contributed by atoms with Crippen LogP contribution in [0.15, 0.2) is 60.8 Å². The van der Waals surface area contributed by atoms with Crippen molar-refractivity contribution in [3.8, 4) is 0 Å². The predicted octanol–water partition coefficient (Wildman–Crippen LogP) is 14.2. The molecule has 5 nitrogen and oxygen atoms in total. The van der Waals surface area contributed by atoms with Gasteiger partial charge in [0.2, 0.25) is 0 Å². The molecule has 0 bridgehead atoms. The highest BCUT2D eigenvalue weighted by molar-refractivity contribution is 5.71. The van der Waals surface area contributed by atoms with Gasteiger partial charge < -0.3 is 14.2 Å². The number of carbonyl (C=O) groups excluding carboxylic acids is 2. The van der Waals surface area contributed by atoms with E-state index in [4.69, 9.17) is 14.2 Å². The lowest BCUT2D eigenvalue weighted by atomic mass is 10.0. The Hall–Kier alpha value is -2.40. The van der Waals surface area contributed by atoms with E-state index < -0.39 is 6.10 Å². The average molecular weight is 727 g/mol. The molecule has 0 saturated heterocycles. The Morgan fingerprint density at radius 3 is 1.31 bits per heavy atom. The summed E-state index contributed by atoms with van der Waals surface area (Å²) in [5, 5.41) is 0. The maximum absolute atomic E-state index is 12.6. The standard InChI is InChI=1S/C47H82O5/c1-4-7-10-13-16-18-20-22-24-25-27-29-32-34-37-40-46(48)51-44-45(52-47(49)41-38-35-31-15-12-9-6-3)43-50-42-39-36-33-30-28-26-23-21-19-17-14-11-8-5-2/h7,10,16,18,22,24,27,29,34,37,45H,4-6,8-9,11-15,17,19-21,23,25-26,28,30-33,35-36,38-44H2,1-3H3/b10-7-,18-16-,24-22-,29-27-,37-34-. The van der Waals surface area contributed by atoms with E-state index in [1.54, 1.807) is 0 Å². The lowest BCUT2D eigenvalue weighted by molar-refractivity contribution is -0.162. The molecule has 1 atom stereocenters. The Morgan fingerprint density at radius 1 is 0.442 bits per heavy atom. The molecule has 0 aromatic rings. The van der Waals surface area contributed by atoms with E-state index in [-0.39, 0.29) is 31.6 Å². The van der Waals surface area contributed by atoms with E-state index in [1.807, 2.05) is 12.2 Å². The summed E-state index contributed by atoms with van der Waals surface area (Å²) in [5.41, 5.74) is 0. The van der Waals surface area contributed by atoms with E-state index in [9.17, 15) is 9.59 Å². The molecule has 0 radical (unpaired) electrons. The molecule has 0 aliphatic heterocycles. The van der Waals surface area contributed by atoms with E-state index in [2.05, 4.69) is 69.4 Å². The number of esters is 2. The summed E-state index contributed by atoms with van der Waals surface area (Å²) in [5.74, 6) is -0.547. The van der Waals surface area contributed by atoms with Crippen LogP contribution in [-0.4, -0.2) is 37.9 Å². The largest absolute Gasteiger partial charge is 0.461 e. The number of hydrogen-bond acceptors (Lipinski definition) is 5. The van der Waals surface area contributed by atoms with Crippen LogP contribution in [0.5, 0.6) is 0 Å². The summed E-state index contributed by atoms with van der Waals surface area (Å²) in [6.07, 6.45) is 52.5. The first kappa shape index (κ1) is 49.6. The lowest BCUT2D eigenvalue weighted by Gasteiger charge is -2.18. The Balaban J connectivity index is 4.29. The van der Waals surface area contributed by atoms with Gasteiger partial charge in [-0.2, -0.15) is 0 Å². The van der Waals surface area contributed by atoms with Crippen LogP contribution in [0.25, 0.3) is 0 Å². The van der Waals surface area contributed by atoms with E-state index >= 15 is 0 Å². The summed E-state index contributed by atoms with van der Waals surface area (Å²) in [7, 11) is 0. The van der Waals surface area contributed by atoms with Gasteiger partial charge in [0.05, 0.1) is 13.0 Å². The van der Waals surface area contributed by atoms with Gasteiger partial charge in [0, 0.05) is 13.0 Å². The first-order valence-electron chi connectivity index (χ1n) is 21.8. The van der Waals surface area contributed by atoms with Crippen molar-refractivity contribution in [2.45, 2.75) is 207 Å². The van der Waals surface area contributed by atoms with Gasteiger partial charge in [-0.15, -0.1) is 0 Å². The van der Waals surface area contributed by atoms with Crippen LogP contribution in [0.1, 0.15) is 201 Å². The Kier molecular flexibility index (Phi) is 41.0. The molecule has 0 spiro atoms. The maximum atomic E-state index is 12.6. The highest BCUT2D eigenvalue weighted by Gasteiger charge is 2.17. The van der Waals surface area contributed by atoms with Crippen molar-refractivity contribution >= 4 is 11.9 Å². The van der Waals surface area contributed by atoms with Gasteiger partial charge in [-0.3, -0.25) is 9.59 Å². The zero-order valence-electron chi connectivity index (χ0n) is 34.3. The minimum atomic E-state index is -0.569. The number of allylic oxidation sites excluding steroid dienone is 9. The zero-order valence-corrected chi connectivity index (χ0v) is 34.3. The van der Waals surface area contributed by atoms with Crippen LogP contribution in [0.4, 0.5) is 0 Å². The molecule has 0 aromatic heterocycles. The molecule has 0 fully saturated rings. The van der Waals surface area contributed by atoms with Crippen LogP contribution in [-0.2, 0) is 23.8 Å². The first-order valence-corrected chi connectivity index (χ1v) is 21.8. The second-order valence-corrected chi connectivity index (χ2v) is 14.2. The fourth-order valence-corrected chi connectivity index (χ4v) is 5.88. The first-order chi connectivity index (χ1) is 25.6. The molecular formula is C47H82O5. The highest BCUT2D eigenvalue weighted by Crippen LogP contribution is 2.14. The maximum Gasteiger partial charge on any atom is 0.309 e. The average Bonchev–Trinajstić information content (AvgIpc) is 3.14. The van der Waals surface area contributed by atoms with Crippen molar-refractivity contribution in [3.63, 3.8) is 0 Å². The van der Waals surface area contributed by atoms with Crippen LogP contribution >= 0.6 is 0 Å². The minimum absolute atomic E-state index is 0.0328. The quantitative estimate of drug-likeness (QED) is 0.0358. The van der Waals surface area contributed by atoms with Crippen molar-refractivity contribution < 1.29 is 23.8 Å². The summed E-state index contributed by atoms with van der Waals surface area (Å²) >= 11 is 0. The zero-order chi connectivity index (χ0) is 37.8. The monoisotopic (exact) mass is 727 g/mol. The van der Waals surface area contributed by atoms with Gasteiger partial charge in [-0.05, 0) is 44.9 Å². The molecule has 0 amide bonds. The molecule has 0 aliphatic carbocycles. The lowest BCUT2D eigenvalue weighted by Crippen LogP contribution is -2.30. The smallest absolute Gasteiger partial charge is 0.309 e. The van der Waals surface area contributed by atoms with E-state index in [1.165, 1.54) is 103 Å². The topological polar surface area (TPSA) is 61.8 Å². The van der Waals surface area contributed by atoms with Crippen molar-refractivity contribution in [3.05, 3.63) is 60.8 Å². The molecule has 0 rings (SSSR count). The molecule has 0 N–H and O–H groups in total. The third kappa shape index (κ3) is 40.4. The Labute approximate surface area is 322 Å². The molecule has 52 heavy (non-hydrogen) atoms. The SMILES string of the molecule is CC/C=C\C/C=C\C/C=C\C/C=C\C/C=C\CC(=O)OCC(COCCCCCCCCCCCCCCCC)OC(=O)CCCCCCCCC. The molecule has 0 aliphatic rings. The van der Waals surface area contributed by atoms with Gasteiger partial charge >= 0.3 is 11.9 Å². The van der Waals surface area contributed by atoms with Gasteiger partial charge in [-0.25, -0.2) is 0 Å². The van der Waals surface area contributed by atoms with Crippen LogP contribution in [0.2, 0.25) is 0 Å². The van der Waals surface area contributed by atoms with Crippen molar-refractivity contribution in [2.75, 3.05) is 19.8 Å². The van der Waals surface area contributed by atoms with Gasteiger partial charge in [0.25, 0.3) is 0 Å². The third-order valence-corrected chi connectivity index (χ3v) is 9.10. The number of unbranched alkanes of at least 4 members (excludes halogenated alkanes) is 19. The van der Waals surface area contributed by atoms with Crippen LogP contribution < -0.4 is 0 Å². The van der Waals surface area contributed by atoms with Crippen LogP contribution in [0, 0.1) is 0 Å². The highest BCUT2D eigenvalue weighted by atomic mass is 16.6. The summed E-state index contributed by atoms with van der Waals surface area (Å²) in [4.78, 5) is 25.0. The van der Waals surface area contributed by atoms with Crippen molar-refractivity contribution in [1.82, 2.24) is 0 Å². The van der Waals surface area contributed by atoms with Gasteiger partial charge in [0.1, 0.15) is 6.61 Å². The molecule has 5 heteroatoms. The molecule has 300 valence electrons.